The van der Waals surface area contributed by atoms with Crippen molar-refractivity contribution in [2.24, 2.45) is 0 Å². The number of anilines is 2. The Morgan fingerprint density at radius 1 is 1.14 bits per heavy atom. The Kier molecular flexibility index (Phi) is 5.57. The summed E-state index contributed by atoms with van der Waals surface area (Å²) in [6, 6.07) is 6.68. The molecule has 2 aromatic rings. The van der Waals surface area contributed by atoms with E-state index >= 15 is 0 Å². The molecule has 0 aliphatic rings. The lowest BCUT2D eigenvalue weighted by molar-refractivity contribution is 0.0948. The summed E-state index contributed by atoms with van der Waals surface area (Å²) in [7, 11) is 0. The minimum atomic E-state index is -0.223. The van der Waals surface area contributed by atoms with E-state index in [0.717, 1.165) is 6.42 Å². The first-order valence-electron chi connectivity index (χ1n) is 6.85. The van der Waals surface area contributed by atoms with Gasteiger partial charge >= 0.3 is 0 Å². The predicted molar refractivity (Wildman–Crippen MR) is 89.1 cm³/mol. The second-order valence-corrected chi connectivity index (χ2v) is 5.60. The van der Waals surface area contributed by atoms with Crippen molar-refractivity contribution in [3.05, 3.63) is 45.8 Å². The first kappa shape index (κ1) is 16.5. The number of nitrogens with zero attached hydrogens (tertiary/aromatic N) is 2. The average molecular weight is 339 g/mol. The van der Waals surface area contributed by atoms with E-state index < -0.39 is 0 Å². The lowest BCUT2D eigenvalue weighted by Crippen LogP contribution is -2.25. The molecular formula is C15H16Cl2N4O. The molecule has 1 amide bonds. The first-order valence-corrected chi connectivity index (χ1v) is 7.60. The van der Waals surface area contributed by atoms with E-state index in [4.69, 9.17) is 23.2 Å². The van der Waals surface area contributed by atoms with Gasteiger partial charge in [-0.2, -0.15) is 0 Å². The van der Waals surface area contributed by atoms with Crippen LogP contribution in [0.15, 0.2) is 24.3 Å². The molecule has 0 saturated heterocycles. The number of hydrogen-bond acceptors (Lipinski definition) is 4. The molecule has 1 aromatic heterocycles. The highest BCUT2D eigenvalue weighted by atomic mass is 35.5. The molecule has 2 rings (SSSR count). The van der Waals surface area contributed by atoms with E-state index in [-0.39, 0.29) is 5.91 Å². The van der Waals surface area contributed by atoms with Crippen LogP contribution in [0.1, 0.15) is 29.7 Å². The predicted octanol–water partition coefficient (Wildman–Crippen LogP) is 3.98. The minimum absolute atomic E-state index is 0.223. The third-order valence-corrected chi connectivity index (χ3v) is 3.18. The molecule has 7 heteroatoms. The maximum absolute atomic E-state index is 12.0. The van der Waals surface area contributed by atoms with Crippen LogP contribution >= 0.6 is 23.2 Å². The SMILES string of the molecule is CCCNC(=O)c1cc(Nc2cc(Cl)cc(Cl)c2)nc(C)n1. The zero-order valence-corrected chi connectivity index (χ0v) is 13.8. The molecule has 5 nitrogen and oxygen atoms in total. The highest BCUT2D eigenvalue weighted by Gasteiger charge is 2.10. The molecule has 0 spiro atoms. The maximum atomic E-state index is 12.0. The largest absolute Gasteiger partial charge is 0.351 e. The third-order valence-electron chi connectivity index (χ3n) is 2.74. The smallest absolute Gasteiger partial charge is 0.270 e. The van der Waals surface area contributed by atoms with Crippen molar-refractivity contribution in [3.8, 4) is 0 Å². The lowest BCUT2D eigenvalue weighted by atomic mass is 10.3. The van der Waals surface area contributed by atoms with Crippen molar-refractivity contribution in [1.82, 2.24) is 15.3 Å². The Hall–Kier alpha value is -1.85. The van der Waals surface area contributed by atoms with Gasteiger partial charge in [0.05, 0.1) is 0 Å². The van der Waals surface area contributed by atoms with Gasteiger partial charge in [0.15, 0.2) is 0 Å². The van der Waals surface area contributed by atoms with E-state index in [1.54, 1.807) is 31.2 Å². The Morgan fingerprint density at radius 2 is 1.82 bits per heavy atom. The summed E-state index contributed by atoms with van der Waals surface area (Å²) in [6.07, 6.45) is 0.863. The molecule has 0 bridgehead atoms. The van der Waals surface area contributed by atoms with Gasteiger partial charge in [-0.05, 0) is 31.5 Å². The number of aryl methyl sites for hydroxylation is 1. The summed E-state index contributed by atoms with van der Waals surface area (Å²) in [5.41, 5.74) is 1.01. The van der Waals surface area contributed by atoms with Crippen molar-refractivity contribution in [2.45, 2.75) is 20.3 Å². The van der Waals surface area contributed by atoms with Gasteiger partial charge in [-0.15, -0.1) is 0 Å². The molecule has 0 unspecified atom stereocenters. The maximum Gasteiger partial charge on any atom is 0.270 e. The van der Waals surface area contributed by atoms with Crippen LogP contribution in [0.5, 0.6) is 0 Å². The molecule has 0 fully saturated rings. The van der Waals surface area contributed by atoms with E-state index in [1.165, 1.54) is 0 Å². The molecule has 1 aromatic carbocycles. The zero-order chi connectivity index (χ0) is 16.1. The van der Waals surface area contributed by atoms with E-state index in [0.29, 0.717) is 39.6 Å². The molecule has 0 saturated carbocycles. The summed E-state index contributed by atoms with van der Waals surface area (Å²) in [4.78, 5) is 20.4. The molecule has 0 aliphatic carbocycles. The van der Waals surface area contributed by atoms with Gasteiger partial charge in [0.2, 0.25) is 0 Å². The summed E-state index contributed by atoms with van der Waals surface area (Å²) in [5.74, 6) is 0.784. The summed E-state index contributed by atoms with van der Waals surface area (Å²) in [6.45, 7) is 4.32. The number of rotatable bonds is 5. The minimum Gasteiger partial charge on any atom is -0.351 e. The van der Waals surface area contributed by atoms with Crippen LogP contribution < -0.4 is 10.6 Å². The molecule has 1 heterocycles. The second kappa shape index (κ2) is 7.42. The Bertz CT molecular complexity index is 671. The van der Waals surface area contributed by atoms with E-state index in [2.05, 4.69) is 20.6 Å². The molecule has 22 heavy (non-hydrogen) atoms. The third kappa shape index (κ3) is 4.58. The summed E-state index contributed by atoms with van der Waals surface area (Å²) < 4.78 is 0. The van der Waals surface area contributed by atoms with E-state index in [1.807, 2.05) is 6.92 Å². The topological polar surface area (TPSA) is 66.9 Å². The zero-order valence-electron chi connectivity index (χ0n) is 12.3. The van der Waals surface area contributed by atoms with Crippen LogP contribution in [0.25, 0.3) is 0 Å². The van der Waals surface area contributed by atoms with Crippen LogP contribution in [-0.4, -0.2) is 22.4 Å². The number of hydrogen-bond donors (Lipinski definition) is 2. The Labute approximate surface area is 139 Å². The van der Waals surface area contributed by atoms with Crippen LogP contribution in [0, 0.1) is 6.92 Å². The number of amides is 1. The van der Waals surface area contributed by atoms with Crippen LogP contribution in [0.3, 0.4) is 0 Å². The van der Waals surface area contributed by atoms with Gasteiger partial charge < -0.3 is 10.6 Å². The van der Waals surface area contributed by atoms with Gasteiger partial charge in [0.25, 0.3) is 5.91 Å². The molecule has 2 N–H and O–H groups in total. The van der Waals surface area contributed by atoms with Crippen LogP contribution in [0.2, 0.25) is 10.0 Å². The van der Waals surface area contributed by atoms with Gasteiger partial charge in [0, 0.05) is 28.3 Å². The number of aromatic nitrogens is 2. The van der Waals surface area contributed by atoms with Gasteiger partial charge in [-0.25, -0.2) is 9.97 Å². The number of carbonyl (C=O) groups is 1. The van der Waals surface area contributed by atoms with Gasteiger partial charge in [0.1, 0.15) is 17.3 Å². The van der Waals surface area contributed by atoms with Crippen LogP contribution in [-0.2, 0) is 0 Å². The quantitative estimate of drug-likeness (QED) is 0.865. The molecular weight excluding hydrogens is 323 g/mol. The standard InChI is InChI=1S/C15H16Cl2N4O/c1-3-4-18-15(22)13-8-14(20-9(2)19-13)21-12-6-10(16)5-11(17)7-12/h5-8H,3-4H2,1-2H3,(H,18,22)(H,19,20,21). The van der Waals surface area contributed by atoms with Gasteiger partial charge in [-0.1, -0.05) is 30.1 Å². The van der Waals surface area contributed by atoms with Crippen molar-refractivity contribution in [3.63, 3.8) is 0 Å². The second-order valence-electron chi connectivity index (χ2n) is 4.72. The average Bonchev–Trinajstić information content (AvgIpc) is 2.42. The highest BCUT2D eigenvalue weighted by Crippen LogP contribution is 2.24. The number of nitrogens with one attached hydrogen (secondary N) is 2. The van der Waals surface area contributed by atoms with Crippen molar-refractivity contribution < 1.29 is 4.79 Å². The Morgan fingerprint density at radius 3 is 2.45 bits per heavy atom. The molecule has 0 atom stereocenters. The fraction of sp³-hybridized carbons (Fsp3) is 0.267. The summed E-state index contributed by atoms with van der Waals surface area (Å²) >= 11 is 11.9. The van der Waals surface area contributed by atoms with Crippen molar-refractivity contribution in [2.75, 3.05) is 11.9 Å². The van der Waals surface area contributed by atoms with Crippen LogP contribution in [0.4, 0.5) is 11.5 Å². The first-order chi connectivity index (χ1) is 10.5. The fourth-order valence-electron chi connectivity index (χ4n) is 1.85. The Balaban J connectivity index is 2.24. The highest BCUT2D eigenvalue weighted by molar-refractivity contribution is 6.35. The number of benzene rings is 1. The monoisotopic (exact) mass is 338 g/mol. The van der Waals surface area contributed by atoms with E-state index in [9.17, 15) is 4.79 Å². The summed E-state index contributed by atoms with van der Waals surface area (Å²) in [5, 5.41) is 6.89. The van der Waals surface area contributed by atoms with Crippen molar-refractivity contribution >= 4 is 40.6 Å². The van der Waals surface area contributed by atoms with Gasteiger partial charge in [-0.3, -0.25) is 4.79 Å². The molecule has 116 valence electrons. The number of halogens is 2. The normalized spacial score (nSPS) is 10.4. The lowest BCUT2D eigenvalue weighted by Gasteiger charge is -2.09. The molecule has 0 radical (unpaired) electrons. The van der Waals surface area contributed by atoms with Crippen molar-refractivity contribution in [1.29, 1.82) is 0 Å². The molecule has 0 aliphatic heterocycles. The fourth-order valence-corrected chi connectivity index (χ4v) is 2.38. The number of carbonyl (C=O) groups excluding carboxylic acids is 1.